The van der Waals surface area contributed by atoms with Crippen LogP contribution < -0.4 is 5.32 Å². The number of alkyl halides is 3. The van der Waals surface area contributed by atoms with E-state index in [4.69, 9.17) is 32.9 Å². The van der Waals surface area contributed by atoms with Crippen molar-refractivity contribution in [3.8, 4) is 17.2 Å². The molecule has 54 heavy (non-hydrogen) atoms. The molecule has 5 atom stereocenters. The summed E-state index contributed by atoms with van der Waals surface area (Å²) in [4.78, 5) is 19.9. The van der Waals surface area contributed by atoms with Crippen molar-refractivity contribution < 1.29 is 27.1 Å². The Balaban J connectivity index is 1.19. The Bertz CT molecular complexity index is 2370. The summed E-state index contributed by atoms with van der Waals surface area (Å²) in [5.41, 5.74) is 4.02. The van der Waals surface area contributed by atoms with Crippen molar-refractivity contribution in [3.05, 3.63) is 79.8 Å². The molecular weight excluding hydrogens is 763 g/mol. The molecule has 8 nitrogen and oxygen atoms in total. The fourth-order valence-electron chi connectivity index (χ4n) is 8.82. The van der Waals surface area contributed by atoms with E-state index in [0.717, 1.165) is 48.5 Å². The van der Waals surface area contributed by atoms with Gasteiger partial charge < -0.3 is 19.5 Å². The topological polar surface area (TPSA) is 96.1 Å². The number of pyridine rings is 1. The number of carbonyl (C=O) groups is 1. The highest BCUT2D eigenvalue weighted by Crippen LogP contribution is 2.51. The molecule has 2 saturated carbocycles. The molecule has 5 aliphatic rings. The fraction of sp³-hybridized carbons (Fsp3) is 0.436. The van der Waals surface area contributed by atoms with Crippen molar-refractivity contribution in [3.63, 3.8) is 0 Å². The van der Waals surface area contributed by atoms with Gasteiger partial charge in [0, 0.05) is 71.2 Å². The van der Waals surface area contributed by atoms with E-state index in [0.29, 0.717) is 52.6 Å². The number of hydrogen-bond donors (Lipinski definition) is 1. The van der Waals surface area contributed by atoms with Gasteiger partial charge in [0.1, 0.15) is 10.4 Å². The first kappa shape index (κ1) is 35.9. The number of aryl methyl sites for hydroxylation is 2. The lowest BCUT2D eigenvalue weighted by Crippen LogP contribution is -2.41. The number of amides is 1. The number of benzene rings is 2. The van der Waals surface area contributed by atoms with Crippen LogP contribution in [0.2, 0.25) is 10.0 Å². The van der Waals surface area contributed by atoms with E-state index in [1.807, 2.05) is 17.9 Å². The number of nitrogens with one attached hydrogen (secondary N) is 1. The minimum Gasteiger partial charge on any atom is -0.370 e. The van der Waals surface area contributed by atoms with E-state index in [2.05, 4.69) is 26.4 Å². The van der Waals surface area contributed by atoms with Gasteiger partial charge in [-0.3, -0.25) is 4.79 Å². The maximum atomic E-state index is 17.2. The van der Waals surface area contributed by atoms with Crippen molar-refractivity contribution in [1.29, 1.82) is 5.26 Å². The number of fused-ring (bicyclic) bond motifs is 4. The van der Waals surface area contributed by atoms with Crippen LogP contribution >= 0.6 is 34.7 Å². The molecule has 1 amide bonds. The zero-order chi connectivity index (χ0) is 37.6. The third-order valence-electron chi connectivity index (χ3n) is 11.6. The lowest BCUT2D eigenvalue weighted by atomic mass is 9.79. The van der Waals surface area contributed by atoms with Crippen LogP contribution in [0, 0.1) is 35.9 Å². The fourth-order valence-corrected chi connectivity index (χ4v) is 9.83. The largest absolute Gasteiger partial charge is 0.427 e. The quantitative estimate of drug-likeness (QED) is 0.150. The minimum absolute atomic E-state index is 0.0400. The summed E-state index contributed by atoms with van der Waals surface area (Å²) in [7, 11) is 0. The summed E-state index contributed by atoms with van der Waals surface area (Å²) >= 11 is 13.5. The summed E-state index contributed by atoms with van der Waals surface area (Å²) in [5.74, 6) is -0.252. The summed E-state index contributed by atoms with van der Waals surface area (Å²) in [6.07, 6.45) is -1.44. The van der Waals surface area contributed by atoms with Crippen molar-refractivity contribution in [1.82, 2.24) is 24.1 Å². The molecule has 2 aromatic carbocycles. The maximum absolute atomic E-state index is 17.2. The number of halogens is 6. The number of hydrogen-bond acceptors (Lipinski definition) is 7. The molecule has 15 heteroatoms. The van der Waals surface area contributed by atoms with Crippen molar-refractivity contribution >= 4 is 62.4 Å². The maximum Gasteiger partial charge on any atom is 0.427 e. The first-order valence-electron chi connectivity index (χ1n) is 18.1. The van der Waals surface area contributed by atoms with Crippen molar-refractivity contribution in [2.75, 3.05) is 13.1 Å². The third kappa shape index (κ3) is 5.96. The first-order valence-corrected chi connectivity index (χ1v) is 19.6. The molecule has 5 fully saturated rings. The zero-order valence-electron chi connectivity index (χ0n) is 29.0. The van der Waals surface area contributed by atoms with Gasteiger partial charge in [-0.15, -0.1) is 0 Å². The molecule has 0 spiro atoms. The molecule has 3 saturated heterocycles. The Hall–Kier alpha value is -3.80. The van der Waals surface area contributed by atoms with Crippen LogP contribution in [0.5, 0.6) is 0 Å². The highest BCUT2D eigenvalue weighted by atomic mass is 35.5. The Morgan fingerprint density at radius 1 is 1.17 bits per heavy atom. The number of rotatable bonds is 9. The molecule has 280 valence electrons. The van der Waals surface area contributed by atoms with E-state index in [1.165, 1.54) is 0 Å². The Morgan fingerprint density at radius 2 is 1.98 bits per heavy atom. The molecule has 2 bridgehead atoms. The number of nitriles is 1. The predicted molar refractivity (Wildman–Crippen MR) is 198 cm³/mol. The van der Waals surface area contributed by atoms with E-state index >= 15 is 4.39 Å². The van der Waals surface area contributed by atoms with Crippen LogP contribution in [-0.4, -0.2) is 50.0 Å². The molecule has 10 rings (SSSR count). The van der Waals surface area contributed by atoms with Gasteiger partial charge in [-0.2, -0.15) is 22.8 Å². The number of likely N-dealkylation sites (tertiary alicyclic amines) is 1. The van der Waals surface area contributed by atoms with Gasteiger partial charge in [0.05, 0.1) is 52.1 Å². The molecule has 3 aliphatic heterocycles. The standard InChI is InChI=1S/C39H34Cl2F4N6O2S/c1-18-25-14-30(29-13-23(16-50(29)38(52)19-7-8-19)53-17-22-12-31(54-49-22)39(43,44)45)51(36-21-11-28(36)47-15-21)37(25)26-10-20(4-3-9-46)32(34(42)35(26)48-18)24-5-2-6-27(40)33(24)41/h2,5-6,10,12,14,19,21,23,28-29,36,47H,3-4,7-8,11,13,15-17H2,1H3/t21-,23+,28-,29-,36+/m1/s1. The van der Waals surface area contributed by atoms with Crippen molar-refractivity contribution in [2.24, 2.45) is 11.8 Å². The van der Waals surface area contributed by atoms with Gasteiger partial charge >= 0.3 is 6.18 Å². The van der Waals surface area contributed by atoms with Crippen LogP contribution in [0.1, 0.15) is 71.7 Å². The number of nitrogens with zero attached hydrogens (tertiary/aromatic N) is 5. The van der Waals surface area contributed by atoms with Crippen LogP contribution in [-0.2, 0) is 28.7 Å². The van der Waals surface area contributed by atoms with Crippen LogP contribution in [0.4, 0.5) is 17.6 Å². The molecule has 1 N–H and O–H groups in total. The highest BCUT2D eigenvalue weighted by Gasteiger charge is 2.51. The second-order valence-corrected chi connectivity index (χ2v) is 16.5. The normalized spacial score (nSPS) is 23.7. The summed E-state index contributed by atoms with van der Waals surface area (Å²) < 4.78 is 69.5. The summed E-state index contributed by atoms with van der Waals surface area (Å²) in [6.45, 7) is 2.88. The van der Waals surface area contributed by atoms with E-state index < -0.39 is 29.0 Å². The molecule has 3 aromatic heterocycles. The van der Waals surface area contributed by atoms with Gasteiger partial charge in [-0.05, 0) is 79.9 Å². The van der Waals surface area contributed by atoms with Crippen LogP contribution in [0.25, 0.3) is 32.9 Å². The number of ether oxygens (including phenoxy) is 1. The van der Waals surface area contributed by atoms with Crippen LogP contribution in [0.3, 0.4) is 0 Å². The van der Waals surface area contributed by atoms with Gasteiger partial charge in [-0.25, -0.2) is 9.37 Å². The average molecular weight is 798 g/mol. The van der Waals surface area contributed by atoms with E-state index in [9.17, 15) is 23.2 Å². The Kier molecular flexibility index (Phi) is 8.93. The number of carbonyl (C=O) groups excluding carboxylic acids is 1. The smallest absolute Gasteiger partial charge is 0.370 e. The first-order chi connectivity index (χ1) is 25.9. The average Bonchev–Trinajstić information content (AvgIpc) is 3.62. The predicted octanol–water partition coefficient (Wildman–Crippen LogP) is 9.34. The summed E-state index contributed by atoms with van der Waals surface area (Å²) in [5, 5.41) is 15.2. The lowest BCUT2D eigenvalue weighted by molar-refractivity contribution is -0.135. The third-order valence-corrected chi connectivity index (χ3v) is 13.2. The molecule has 0 radical (unpaired) electrons. The summed E-state index contributed by atoms with van der Waals surface area (Å²) in [6, 6.07) is 12.1. The SMILES string of the molecule is Cc1nc2c(F)c(-c3cccc(Cl)c3Cl)c(CCC#N)cc2c2c1cc([C@H]1C[C@H](OCc3cc(C(F)(F)F)sn3)CN1C(=O)C1CC1)n2[C@H]1[C@H]2CN[C@@H]1C2. The molecule has 6 heterocycles. The molecular formula is C39H34Cl2F4N6O2S. The monoisotopic (exact) mass is 796 g/mol. The lowest BCUT2D eigenvalue weighted by Gasteiger charge is -2.39. The van der Waals surface area contributed by atoms with E-state index in [1.54, 1.807) is 18.2 Å². The second-order valence-electron chi connectivity index (χ2n) is 14.9. The number of aromatic nitrogens is 3. The zero-order valence-corrected chi connectivity index (χ0v) is 31.3. The molecule has 5 aromatic rings. The van der Waals surface area contributed by atoms with Gasteiger partial charge in [-0.1, -0.05) is 35.3 Å². The highest BCUT2D eigenvalue weighted by molar-refractivity contribution is 7.05. The Morgan fingerprint density at radius 3 is 2.67 bits per heavy atom. The van der Waals surface area contributed by atoms with Gasteiger partial charge in [0.2, 0.25) is 5.91 Å². The van der Waals surface area contributed by atoms with Crippen LogP contribution in [0.15, 0.2) is 36.4 Å². The Labute approximate surface area is 322 Å². The van der Waals surface area contributed by atoms with E-state index in [-0.39, 0.29) is 70.2 Å². The minimum atomic E-state index is -4.48. The van der Waals surface area contributed by atoms with Gasteiger partial charge in [0.25, 0.3) is 0 Å². The van der Waals surface area contributed by atoms with Gasteiger partial charge in [0.15, 0.2) is 5.82 Å². The van der Waals surface area contributed by atoms with Crippen molar-refractivity contribution in [2.45, 2.75) is 82.5 Å². The second kappa shape index (κ2) is 13.4. The molecule has 0 unspecified atom stereocenters. The molecule has 2 aliphatic carbocycles.